The Balaban J connectivity index is 3.24. The second-order valence-corrected chi connectivity index (χ2v) is 5.20. The molecule has 1 unspecified atom stereocenters. The molecule has 0 saturated carbocycles. The van der Waals surface area contributed by atoms with Crippen LogP contribution < -0.4 is 0 Å². The molecule has 0 aliphatic heterocycles. The highest BCUT2D eigenvalue weighted by atomic mass is 35.5. The standard InChI is InChI=1S/C14H27ClO/c1-3-5-6-7-8-10-13(15)11-9-12-14(16)4-2/h13H,3-12H2,1-2H3. The van der Waals surface area contributed by atoms with Crippen LogP contribution in [0.3, 0.4) is 0 Å². The molecule has 0 rings (SSSR count). The number of unbranched alkanes of at least 4 members (excludes halogenated alkanes) is 4. The Bertz CT molecular complexity index is 168. The molecule has 0 aliphatic rings. The summed E-state index contributed by atoms with van der Waals surface area (Å²) in [4.78, 5) is 11.1. The van der Waals surface area contributed by atoms with Crippen molar-refractivity contribution in [3.05, 3.63) is 0 Å². The molecule has 96 valence electrons. The smallest absolute Gasteiger partial charge is 0.132 e. The van der Waals surface area contributed by atoms with Crippen LogP contribution in [-0.4, -0.2) is 11.2 Å². The maximum absolute atomic E-state index is 11.1. The summed E-state index contributed by atoms with van der Waals surface area (Å²) in [5.41, 5.74) is 0. The first-order chi connectivity index (χ1) is 7.70. The minimum absolute atomic E-state index is 0.284. The minimum atomic E-state index is 0.284. The molecule has 2 heteroatoms. The first-order valence-electron chi connectivity index (χ1n) is 6.86. The molecule has 0 radical (unpaired) electrons. The van der Waals surface area contributed by atoms with E-state index < -0.39 is 0 Å². The molecule has 0 bridgehead atoms. The fourth-order valence-electron chi connectivity index (χ4n) is 1.81. The molecule has 0 N–H and O–H groups in total. The molecular weight excluding hydrogens is 220 g/mol. The van der Waals surface area contributed by atoms with Gasteiger partial charge in [0.15, 0.2) is 0 Å². The lowest BCUT2D eigenvalue weighted by molar-refractivity contribution is -0.118. The van der Waals surface area contributed by atoms with Gasteiger partial charge in [0.25, 0.3) is 0 Å². The van der Waals surface area contributed by atoms with E-state index in [1.807, 2.05) is 6.92 Å². The largest absolute Gasteiger partial charge is 0.300 e. The monoisotopic (exact) mass is 246 g/mol. The second-order valence-electron chi connectivity index (χ2n) is 4.58. The molecular formula is C14H27ClO. The molecule has 0 aromatic heterocycles. The van der Waals surface area contributed by atoms with Crippen molar-refractivity contribution in [3.63, 3.8) is 0 Å². The zero-order valence-corrected chi connectivity index (χ0v) is 11.7. The van der Waals surface area contributed by atoms with Crippen molar-refractivity contribution in [1.82, 2.24) is 0 Å². The van der Waals surface area contributed by atoms with Crippen LogP contribution >= 0.6 is 11.6 Å². The maximum Gasteiger partial charge on any atom is 0.132 e. The van der Waals surface area contributed by atoms with Gasteiger partial charge in [-0.2, -0.15) is 0 Å². The summed E-state index contributed by atoms with van der Waals surface area (Å²) >= 11 is 6.21. The number of carbonyl (C=O) groups is 1. The fraction of sp³-hybridized carbons (Fsp3) is 0.929. The van der Waals surface area contributed by atoms with Gasteiger partial charge in [0.05, 0.1) is 0 Å². The second kappa shape index (κ2) is 11.4. The third kappa shape index (κ3) is 10.5. The zero-order valence-electron chi connectivity index (χ0n) is 10.9. The molecule has 1 nitrogen and oxygen atoms in total. The number of ketones is 1. The molecule has 0 saturated heterocycles. The Hall–Kier alpha value is -0.0400. The first-order valence-corrected chi connectivity index (χ1v) is 7.30. The topological polar surface area (TPSA) is 17.1 Å². The van der Waals surface area contributed by atoms with Crippen LogP contribution in [0, 0.1) is 0 Å². The predicted molar refractivity (Wildman–Crippen MR) is 72.2 cm³/mol. The number of carbonyl (C=O) groups excluding carboxylic acids is 1. The van der Waals surface area contributed by atoms with Gasteiger partial charge in [0, 0.05) is 18.2 Å². The number of hydrogen-bond acceptors (Lipinski definition) is 1. The van der Waals surface area contributed by atoms with E-state index in [1.54, 1.807) is 0 Å². The highest BCUT2D eigenvalue weighted by molar-refractivity contribution is 6.20. The Morgan fingerprint density at radius 2 is 1.62 bits per heavy atom. The summed E-state index contributed by atoms with van der Waals surface area (Å²) < 4.78 is 0. The van der Waals surface area contributed by atoms with Crippen LogP contribution in [0.2, 0.25) is 0 Å². The maximum atomic E-state index is 11.1. The van der Waals surface area contributed by atoms with E-state index >= 15 is 0 Å². The molecule has 0 fully saturated rings. The van der Waals surface area contributed by atoms with Crippen LogP contribution in [0.1, 0.15) is 78.1 Å². The number of rotatable bonds is 11. The average molecular weight is 247 g/mol. The lowest BCUT2D eigenvalue weighted by Gasteiger charge is -2.08. The summed E-state index contributed by atoms with van der Waals surface area (Å²) in [6.45, 7) is 4.16. The number of alkyl halides is 1. The lowest BCUT2D eigenvalue weighted by atomic mass is 10.0. The SMILES string of the molecule is CCCCCCCC(Cl)CCCC(=O)CC. The van der Waals surface area contributed by atoms with E-state index in [4.69, 9.17) is 11.6 Å². The van der Waals surface area contributed by atoms with E-state index in [9.17, 15) is 4.79 Å². The van der Waals surface area contributed by atoms with E-state index in [0.717, 1.165) is 25.7 Å². The van der Waals surface area contributed by atoms with Gasteiger partial charge in [-0.15, -0.1) is 11.6 Å². The van der Waals surface area contributed by atoms with Crippen LogP contribution in [0.25, 0.3) is 0 Å². The van der Waals surface area contributed by atoms with Crippen molar-refractivity contribution in [2.24, 2.45) is 0 Å². The highest BCUT2D eigenvalue weighted by Gasteiger charge is 2.05. The van der Waals surface area contributed by atoms with E-state index in [-0.39, 0.29) is 5.38 Å². The molecule has 0 aromatic rings. The Kier molecular flexibility index (Phi) is 11.4. The van der Waals surface area contributed by atoms with Crippen molar-refractivity contribution >= 4 is 17.4 Å². The van der Waals surface area contributed by atoms with E-state index in [2.05, 4.69) is 6.92 Å². The third-order valence-electron chi connectivity index (χ3n) is 2.99. The number of hydrogen-bond donors (Lipinski definition) is 0. The zero-order chi connectivity index (χ0) is 12.2. The molecule has 0 spiro atoms. The molecule has 0 amide bonds. The summed E-state index contributed by atoms with van der Waals surface area (Å²) in [5, 5.41) is 0.284. The Morgan fingerprint density at radius 3 is 2.25 bits per heavy atom. The van der Waals surface area contributed by atoms with Crippen LogP contribution in [-0.2, 0) is 4.79 Å². The van der Waals surface area contributed by atoms with Crippen molar-refractivity contribution in [3.8, 4) is 0 Å². The van der Waals surface area contributed by atoms with Gasteiger partial charge in [-0.25, -0.2) is 0 Å². The number of halogens is 1. The van der Waals surface area contributed by atoms with Gasteiger partial charge < -0.3 is 0 Å². The van der Waals surface area contributed by atoms with Gasteiger partial charge in [-0.05, 0) is 19.3 Å². The summed E-state index contributed by atoms with van der Waals surface area (Å²) in [5.74, 6) is 0.367. The van der Waals surface area contributed by atoms with E-state index in [0.29, 0.717) is 12.2 Å². The molecule has 16 heavy (non-hydrogen) atoms. The third-order valence-corrected chi connectivity index (χ3v) is 3.42. The average Bonchev–Trinajstić information content (AvgIpc) is 2.28. The Labute approximate surface area is 106 Å². The highest BCUT2D eigenvalue weighted by Crippen LogP contribution is 2.16. The fourth-order valence-corrected chi connectivity index (χ4v) is 2.12. The van der Waals surface area contributed by atoms with Crippen LogP contribution in [0.5, 0.6) is 0 Å². The first kappa shape index (κ1) is 16.0. The van der Waals surface area contributed by atoms with Crippen LogP contribution in [0.4, 0.5) is 0 Å². The van der Waals surface area contributed by atoms with Gasteiger partial charge >= 0.3 is 0 Å². The van der Waals surface area contributed by atoms with Gasteiger partial charge in [-0.1, -0.05) is 46.0 Å². The van der Waals surface area contributed by atoms with Crippen molar-refractivity contribution in [2.45, 2.75) is 83.4 Å². The normalized spacial score (nSPS) is 12.7. The molecule has 0 aromatic carbocycles. The van der Waals surface area contributed by atoms with Gasteiger partial charge in [0.1, 0.15) is 5.78 Å². The van der Waals surface area contributed by atoms with Gasteiger partial charge in [0.2, 0.25) is 0 Å². The predicted octanol–water partition coefficient (Wildman–Crippen LogP) is 5.10. The van der Waals surface area contributed by atoms with Crippen molar-refractivity contribution in [2.75, 3.05) is 0 Å². The quantitative estimate of drug-likeness (QED) is 0.366. The lowest BCUT2D eigenvalue weighted by Crippen LogP contribution is -2.01. The summed E-state index contributed by atoms with van der Waals surface area (Å²) in [7, 11) is 0. The van der Waals surface area contributed by atoms with E-state index in [1.165, 1.54) is 32.1 Å². The molecule has 1 atom stereocenters. The number of Topliss-reactive ketones (excluding diaryl/α,β-unsaturated/α-hetero) is 1. The summed E-state index contributed by atoms with van der Waals surface area (Å²) in [6.07, 6.45) is 11.0. The van der Waals surface area contributed by atoms with Crippen molar-refractivity contribution in [1.29, 1.82) is 0 Å². The Morgan fingerprint density at radius 1 is 1.00 bits per heavy atom. The summed E-state index contributed by atoms with van der Waals surface area (Å²) in [6, 6.07) is 0. The molecule has 0 aliphatic carbocycles. The molecule has 0 heterocycles. The van der Waals surface area contributed by atoms with Crippen LogP contribution in [0.15, 0.2) is 0 Å². The minimum Gasteiger partial charge on any atom is -0.300 e. The van der Waals surface area contributed by atoms with Crippen molar-refractivity contribution < 1.29 is 4.79 Å². The van der Waals surface area contributed by atoms with Gasteiger partial charge in [-0.3, -0.25) is 4.79 Å².